The summed E-state index contributed by atoms with van der Waals surface area (Å²) in [5.41, 5.74) is 0.629. The van der Waals surface area contributed by atoms with Crippen molar-refractivity contribution in [3.05, 3.63) is 56.7 Å². The van der Waals surface area contributed by atoms with Crippen LogP contribution in [0.2, 0.25) is 0 Å². The molecule has 1 aromatic carbocycles. The van der Waals surface area contributed by atoms with Crippen molar-refractivity contribution in [3.63, 3.8) is 0 Å². The molecule has 0 aliphatic rings. The van der Waals surface area contributed by atoms with Crippen LogP contribution in [0.5, 0.6) is 0 Å². The number of nitrogens with one attached hydrogen (secondary N) is 1. The Labute approximate surface area is 123 Å². The van der Waals surface area contributed by atoms with Crippen molar-refractivity contribution in [2.75, 3.05) is 11.9 Å². The minimum atomic E-state index is -0.349. The Morgan fingerprint density at radius 1 is 1.40 bits per heavy atom. The van der Waals surface area contributed by atoms with Crippen LogP contribution in [-0.2, 0) is 13.1 Å². The van der Waals surface area contributed by atoms with Crippen LogP contribution in [0.4, 0.5) is 10.1 Å². The zero-order valence-electron chi connectivity index (χ0n) is 10.5. The van der Waals surface area contributed by atoms with E-state index < -0.39 is 0 Å². The van der Waals surface area contributed by atoms with Gasteiger partial charge in [0.05, 0.1) is 25.0 Å². The first-order chi connectivity index (χ1) is 9.63. The fourth-order valence-electron chi connectivity index (χ4n) is 1.67. The highest BCUT2D eigenvalue weighted by atomic mass is 79.9. The van der Waals surface area contributed by atoms with Crippen LogP contribution in [0.3, 0.4) is 0 Å². The third-order valence-electron chi connectivity index (χ3n) is 2.72. The zero-order valence-corrected chi connectivity index (χ0v) is 12.1. The summed E-state index contributed by atoms with van der Waals surface area (Å²) in [7, 11) is 0. The highest BCUT2D eigenvalue weighted by Gasteiger charge is 2.09. The first kappa shape index (κ1) is 14.7. The number of benzene rings is 1. The predicted molar refractivity (Wildman–Crippen MR) is 77.0 cm³/mol. The SMILES string of the molecule is O=c1c(Br)c(NCc2ccccc2F)cnn1CCO. The molecule has 2 N–H and O–H groups in total. The monoisotopic (exact) mass is 341 g/mol. The van der Waals surface area contributed by atoms with Crippen LogP contribution >= 0.6 is 15.9 Å². The van der Waals surface area contributed by atoms with Gasteiger partial charge in [0.25, 0.3) is 5.56 Å². The Balaban J connectivity index is 2.17. The standard InChI is InChI=1S/C13H13BrFN3O2/c14-12-11(8-17-18(5-6-19)13(12)20)16-7-9-3-1-2-4-10(9)15/h1-4,8,16,19H,5-7H2. The van der Waals surface area contributed by atoms with Crippen LogP contribution in [-0.4, -0.2) is 21.5 Å². The van der Waals surface area contributed by atoms with Gasteiger partial charge in [0.2, 0.25) is 0 Å². The number of rotatable bonds is 5. The summed E-state index contributed by atoms with van der Waals surface area (Å²) < 4.78 is 14.9. The summed E-state index contributed by atoms with van der Waals surface area (Å²) in [5.74, 6) is -0.308. The topological polar surface area (TPSA) is 67.2 Å². The van der Waals surface area contributed by atoms with Crippen molar-refractivity contribution < 1.29 is 9.50 Å². The highest BCUT2D eigenvalue weighted by Crippen LogP contribution is 2.17. The van der Waals surface area contributed by atoms with E-state index in [1.165, 1.54) is 12.3 Å². The fourth-order valence-corrected chi connectivity index (χ4v) is 2.12. The van der Waals surface area contributed by atoms with Gasteiger partial charge in [-0.1, -0.05) is 18.2 Å². The molecule has 2 rings (SSSR count). The maximum absolute atomic E-state index is 13.5. The summed E-state index contributed by atoms with van der Waals surface area (Å²) >= 11 is 3.18. The molecule has 0 bridgehead atoms. The highest BCUT2D eigenvalue weighted by molar-refractivity contribution is 9.10. The summed E-state index contributed by atoms with van der Waals surface area (Å²) in [6.45, 7) is 0.211. The molecule has 1 heterocycles. The molecule has 0 amide bonds. The van der Waals surface area contributed by atoms with E-state index in [-0.39, 0.29) is 31.1 Å². The molecule has 5 nitrogen and oxygen atoms in total. The molecule has 0 spiro atoms. The average molecular weight is 342 g/mol. The minimum absolute atomic E-state index is 0.130. The molecule has 0 saturated heterocycles. The molecule has 106 valence electrons. The third kappa shape index (κ3) is 3.23. The lowest BCUT2D eigenvalue weighted by Gasteiger charge is -2.10. The molecule has 0 saturated carbocycles. The molecule has 0 aliphatic heterocycles. The molecule has 2 aromatic rings. The largest absolute Gasteiger partial charge is 0.394 e. The zero-order chi connectivity index (χ0) is 14.5. The van der Waals surface area contributed by atoms with Crippen LogP contribution in [0.15, 0.2) is 39.7 Å². The van der Waals surface area contributed by atoms with E-state index >= 15 is 0 Å². The normalized spacial score (nSPS) is 10.6. The lowest BCUT2D eigenvalue weighted by Crippen LogP contribution is -2.25. The van der Waals surface area contributed by atoms with Crippen LogP contribution in [0.25, 0.3) is 0 Å². The van der Waals surface area contributed by atoms with E-state index in [4.69, 9.17) is 5.11 Å². The lowest BCUT2D eigenvalue weighted by atomic mass is 10.2. The summed E-state index contributed by atoms with van der Waals surface area (Å²) in [6.07, 6.45) is 1.46. The van der Waals surface area contributed by atoms with Gasteiger partial charge in [-0.3, -0.25) is 4.79 Å². The van der Waals surface area contributed by atoms with Gasteiger partial charge in [-0.05, 0) is 22.0 Å². The first-order valence-corrected chi connectivity index (χ1v) is 6.76. The number of hydrogen-bond acceptors (Lipinski definition) is 4. The van der Waals surface area contributed by atoms with E-state index in [9.17, 15) is 9.18 Å². The second kappa shape index (κ2) is 6.62. The molecular formula is C13H13BrFN3O2. The van der Waals surface area contributed by atoms with Gasteiger partial charge in [-0.25, -0.2) is 9.07 Å². The van der Waals surface area contributed by atoms with Gasteiger partial charge in [-0.15, -0.1) is 0 Å². The van der Waals surface area contributed by atoms with Gasteiger partial charge in [-0.2, -0.15) is 5.10 Å². The molecule has 0 fully saturated rings. The van der Waals surface area contributed by atoms with Crippen molar-refractivity contribution >= 4 is 21.6 Å². The minimum Gasteiger partial charge on any atom is -0.394 e. The number of aliphatic hydroxyl groups is 1. The first-order valence-electron chi connectivity index (χ1n) is 5.97. The van der Waals surface area contributed by atoms with Crippen molar-refractivity contribution in [3.8, 4) is 0 Å². The summed E-state index contributed by atoms with van der Waals surface area (Å²) in [4.78, 5) is 11.9. The molecule has 0 radical (unpaired) electrons. The van der Waals surface area contributed by atoms with E-state index in [2.05, 4.69) is 26.3 Å². The Morgan fingerprint density at radius 2 is 2.15 bits per heavy atom. The number of aromatic nitrogens is 2. The Hall–Kier alpha value is -1.73. The van der Waals surface area contributed by atoms with Gasteiger partial charge < -0.3 is 10.4 Å². The maximum Gasteiger partial charge on any atom is 0.283 e. The van der Waals surface area contributed by atoms with Gasteiger partial charge in [0.15, 0.2) is 0 Å². The predicted octanol–water partition coefficient (Wildman–Crippen LogP) is 1.75. The molecule has 0 unspecified atom stereocenters. The maximum atomic E-state index is 13.5. The number of anilines is 1. The van der Waals surface area contributed by atoms with Gasteiger partial charge in [0.1, 0.15) is 10.3 Å². The van der Waals surface area contributed by atoms with E-state index in [1.807, 2.05) is 0 Å². The second-order valence-corrected chi connectivity index (χ2v) is 4.86. The average Bonchev–Trinajstić information content (AvgIpc) is 2.45. The molecular weight excluding hydrogens is 329 g/mol. The molecule has 0 aliphatic carbocycles. The van der Waals surface area contributed by atoms with Gasteiger partial charge in [0, 0.05) is 12.1 Å². The van der Waals surface area contributed by atoms with E-state index in [0.717, 1.165) is 4.68 Å². The molecule has 20 heavy (non-hydrogen) atoms. The van der Waals surface area contributed by atoms with E-state index in [0.29, 0.717) is 15.7 Å². The van der Waals surface area contributed by atoms with Crippen LogP contribution in [0.1, 0.15) is 5.56 Å². The van der Waals surface area contributed by atoms with Crippen molar-refractivity contribution in [1.82, 2.24) is 9.78 Å². The van der Waals surface area contributed by atoms with E-state index in [1.54, 1.807) is 18.2 Å². The fraction of sp³-hybridized carbons (Fsp3) is 0.231. The quantitative estimate of drug-likeness (QED) is 0.869. The smallest absolute Gasteiger partial charge is 0.283 e. The number of hydrogen-bond donors (Lipinski definition) is 2. The number of aliphatic hydroxyl groups excluding tert-OH is 1. The number of nitrogens with zero attached hydrogens (tertiary/aromatic N) is 2. The second-order valence-electron chi connectivity index (χ2n) is 4.07. The molecule has 0 atom stereocenters. The lowest BCUT2D eigenvalue weighted by molar-refractivity contribution is 0.266. The van der Waals surface area contributed by atoms with Crippen molar-refractivity contribution in [2.24, 2.45) is 0 Å². The Morgan fingerprint density at radius 3 is 2.85 bits per heavy atom. The summed E-state index contributed by atoms with van der Waals surface area (Å²) in [6, 6.07) is 6.40. The summed E-state index contributed by atoms with van der Waals surface area (Å²) in [5, 5.41) is 15.7. The van der Waals surface area contributed by atoms with Crippen molar-refractivity contribution in [1.29, 1.82) is 0 Å². The molecule has 1 aromatic heterocycles. The number of halogens is 2. The van der Waals surface area contributed by atoms with Crippen molar-refractivity contribution in [2.45, 2.75) is 13.1 Å². The molecule has 7 heteroatoms. The third-order valence-corrected chi connectivity index (χ3v) is 3.49. The Bertz CT molecular complexity index is 660. The Kier molecular flexibility index (Phi) is 4.86. The van der Waals surface area contributed by atoms with Gasteiger partial charge >= 0.3 is 0 Å². The van der Waals surface area contributed by atoms with Crippen LogP contribution < -0.4 is 10.9 Å². The van der Waals surface area contributed by atoms with Crippen LogP contribution in [0, 0.1) is 5.82 Å².